The standard InChI is InChI=1S/C25H31N3O/c1-19-3-9-23(10-4-19)28-15-13-27(14-16-28)18-24(29)11-6-21-7-12-25-22(17-21)8-5-20(2)26-25/h3-4,6-7,9-12,17,24,26,29H,2,5,8,13-16,18H2,1H3/b11-6+/t24-/m0/s1. The number of anilines is 2. The Hall–Kier alpha value is -2.56. The van der Waals surface area contributed by atoms with Crippen molar-refractivity contribution in [1.29, 1.82) is 0 Å². The molecule has 2 aliphatic heterocycles. The Morgan fingerprint density at radius 1 is 1.07 bits per heavy atom. The lowest BCUT2D eigenvalue weighted by Crippen LogP contribution is -2.48. The summed E-state index contributed by atoms with van der Waals surface area (Å²) in [6, 6.07) is 15.1. The summed E-state index contributed by atoms with van der Waals surface area (Å²) in [6.45, 7) is 10.8. The summed E-state index contributed by atoms with van der Waals surface area (Å²) in [7, 11) is 0. The maximum atomic E-state index is 10.5. The molecule has 0 aliphatic carbocycles. The lowest BCUT2D eigenvalue weighted by Gasteiger charge is -2.36. The van der Waals surface area contributed by atoms with Crippen molar-refractivity contribution in [2.24, 2.45) is 0 Å². The second-order valence-corrected chi connectivity index (χ2v) is 8.19. The first-order valence-electron chi connectivity index (χ1n) is 10.5. The van der Waals surface area contributed by atoms with Crippen LogP contribution in [-0.4, -0.2) is 48.8 Å². The number of β-amino-alcohol motifs (C(OH)–C–C–N with tert-alkyl or cyclic N) is 1. The van der Waals surface area contributed by atoms with E-state index in [1.807, 2.05) is 12.2 Å². The summed E-state index contributed by atoms with van der Waals surface area (Å²) < 4.78 is 0. The van der Waals surface area contributed by atoms with Gasteiger partial charge in [0.05, 0.1) is 6.10 Å². The van der Waals surface area contributed by atoms with E-state index in [-0.39, 0.29) is 0 Å². The molecule has 0 aromatic heterocycles. The Morgan fingerprint density at radius 3 is 2.59 bits per heavy atom. The topological polar surface area (TPSA) is 38.7 Å². The molecule has 29 heavy (non-hydrogen) atoms. The van der Waals surface area contributed by atoms with Gasteiger partial charge >= 0.3 is 0 Å². The Balaban J connectivity index is 1.27. The van der Waals surface area contributed by atoms with Crippen LogP contribution in [0.25, 0.3) is 6.08 Å². The van der Waals surface area contributed by atoms with Crippen LogP contribution in [0.15, 0.2) is 60.8 Å². The van der Waals surface area contributed by atoms with Gasteiger partial charge in [0.15, 0.2) is 0 Å². The highest BCUT2D eigenvalue weighted by atomic mass is 16.3. The molecule has 152 valence electrons. The number of rotatable bonds is 5. The molecule has 2 aromatic carbocycles. The van der Waals surface area contributed by atoms with Crippen LogP contribution in [0.2, 0.25) is 0 Å². The SMILES string of the molecule is C=C1CCc2cc(/C=C/[C@H](O)CN3CCN(c4ccc(C)cc4)CC3)ccc2N1. The maximum absolute atomic E-state index is 10.5. The number of aliphatic hydroxyl groups excluding tert-OH is 1. The minimum absolute atomic E-state index is 0.449. The molecule has 2 aliphatic rings. The van der Waals surface area contributed by atoms with Gasteiger partial charge in [-0.1, -0.05) is 42.5 Å². The zero-order valence-electron chi connectivity index (χ0n) is 17.3. The molecule has 2 heterocycles. The summed E-state index contributed by atoms with van der Waals surface area (Å²) in [5.74, 6) is 0. The van der Waals surface area contributed by atoms with E-state index < -0.39 is 6.10 Å². The largest absolute Gasteiger partial charge is 0.388 e. The zero-order valence-corrected chi connectivity index (χ0v) is 17.3. The molecule has 0 radical (unpaired) electrons. The number of aliphatic hydroxyl groups is 1. The molecule has 0 bridgehead atoms. The minimum Gasteiger partial charge on any atom is -0.388 e. The van der Waals surface area contributed by atoms with Gasteiger partial charge in [0.2, 0.25) is 0 Å². The van der Waals surface area contributed by atoms with Gasteiger partial charge in [-0.2, -0.15) is 0 Å². The maximum Gasteiger partial charge on any atom is 0.0851 e. The van der Waals surface area contributed by atoms with Crippen molar-refractivity contribution >= 4 is 17.5 Å². The van der Waals surface area contributed by atoms with Crippen molar-refractivity contribution in [3.8, 4) is 0 Å². The number of fused-ring (bicyclic) bond motifs is 1. The van der Waals surface area contributed by atoms with Gasteiger partial charge in [-0.15, -0.1) is 0 Å². The van der Waals surface area contributed by atoms with Crippen LogP contribution in [-0.2, 0) is 6.42 Å². The van der Waals surface area contributed by atoms with E-state index in [4.69, 9.17) is 0 Å². The van der Waals surface area contributed by atoms with Gasteiger partial charge in [0, 0.05) is 49.8 Å². The smallest absolute Gasteiger partial charge is 0.0851 e. The molecule has 1 atom stereocenters. The number of benzene rings is 2. The number of hydrogen-bond acceptors (Lipinski definition) is 4. The Bertz CT molecular complexity index is 879. The first kappa shape index (κ1) is 19.7. The van der Waals surface area contributed by atoms with Gasteiger partial charge in [-0.05, 0) is 55.2 Å². The van der Waals surface area contributed by atoms with E-state index in [0.29, 0.717) is 6.54 Å². The highest BCUT2D eigenvalue weighted by Crippen LogP contribution is 2.27. The molecule has 2 N–H and O–H groups in total. The molecule has 4 heteroatoms. The van der Waals surface area contributed by atoms with Crippen LogP contribution in [0.1, 0.15) is 23.1 Å². The number of aryl methyl sites for hydroxylation is 2. The second-order valence-electron chi connectivity index (χ2n) is 8.19. The number of piperazine rings is 1. The van der Waals surface area contributed by atoms with Crippen LogP contribution in [0, 0.1) is 6.92 Å². The van der Waals surface area contributed by atoms with Crippen LogP contribution >= 0.6 is 0 Å². The van der Waals surface area contributed by atoms with E-state index in [9.17, 15) is 5.11 Å². The summed E-state index contributed by atoms with van der Waals surface area (Å²) in [5.41, 5.74) is 7.29. The minimum atomic E-state index is -0.449. The molecule has 0 spiro atoms. The third-order valence-electron chi connectivity index (χ3n) is 5.86. The lowest BCUT2D eigenvalue weighted by atomic mass is 9.99. The number of hydrogen-bond donors (Lipinski definition) is 2. The molecule has 4 rings (SSSR count). The first-order chi connectivity index (χ1) is 14.1. The monoisotopic (exact) mass is 389 g/mol. The number of allylic oxidation sites excluding steroid dienone is 1. The third kappa shape index (κ3) is 5.08. The van der Waals surface area contributed by atoms with Crippen molar-refractivity contribution in [3.63, 3.8) is 0 Å². The van der Waals surface area contributed by atoms with Gasteiger partial charge in [0.1, 0.15) is 0 Å². The van der Waals surface area contributed by atoms with E-state index in [2.05, 4.69) is 71.1 Å². The molecule has 0 saturated carbocycles. The summed E-state index contributed by atoms with van der Waals surface area (Å²) in [5, 5.41) is 13.8. The first-order valence-corrected chi connectivity index (χ1v) is 10.5. The van der Waals surface area contributed by atoms with Crippen molar-refractivity contribution in [2.75, 3.05) is 42.9 Å². The van der Waals surface area contributed by atoms with Crippen molar-refractivity contribution in [1.82, 2.24) is 4.90 Å². The second kappa shape index (κ2) is 8.85. The van der Waals surface area contributed by atoms with Crippen molar-refractivity contribution in [2.45, 2.75) is 25.9 Å². The third-order valence-corrected chi connectivity index (χ3v) is 5.86. The van der Waals surface area contributed by atoms with Crippen LogP contribution in [0.5, 0.6) is 0 Å². The van der Waals surface area contributed by atoms with Gasteiger partial charge < -0.3 is 15.3 Å². The predicted molar refractivity (Wildman–Crippen MR) is 122 cm³/mol. The molecule has 1 saturated heterocycles. The Kier molecular flexibility index (Phi) is 6.02. The number of nitrogens with zero attached hydrogens (tertiary/aromatic N) is 2. The fourth-order valence-corrected chi connectivity index (χ4v) is 4.08. The molecule has 4 nitrogen and oxygen atoms in total. The Labute approximate surface area is 174 Å². The molecular weight excluding hydrogens is 358 g/mol. The lowest BCUT2D eigenvalue weighted by molar-refractivity contribution is 0.142. The summed E-state index contributed by atoms with van der Waals surface area (Å²) in [6.07, 6.45) is 5.52. The highest BCUT2D eigenvalue weighted by molar-refractivity contribution is 5.63. The quantitative estimate of drug-likeness (QED) is 0.809. The Morgan fingerprint density at radius 2 is 1.83 bits per heavy atom. The van der Waals surface area contributed by atoms with Gasteiger partial charge in [-0.25, -0.2) is 0 Å². The van der Waals surface area contributed by atoms with E-state index in [1.165, 1.54) is 16.8 Å². The molecule has 0 amide bonds. The van der Waals surface area contributed by atoms with Crippen LogP contribution in [0.3, 0.4) is 0 Å². The fraction of sp³-hybridized carbons (Fsp3) is 0.360. The van der Waals surface area contributed by atoms with E-state index in [0.717, 1.165) is 56.0 Å². The average molecular weight is 390 g/mol. The fourth-order valence-electron chi connectivity index (χ4n) is 4.08. The average Bonchev–Trinajstić information content (AvgIpc) is 2.73. The molecule has 1 fully saturated rings. The van der Waals surface area contributed by atoms with Gasteiger partial charge in [0.25, 0.3) is 0 Å². The normalized spacial score (nSPS) is 18.6. The van der Waals surface area contributed by atoms with E-state index in [1.54, 1.807) is 0 Å². The summed E-state index contributed by atoms with van der Waals surface area (Å²) in [4.78, 5) is 4.77. The summed E-state index contributed by atoms with van der Waals surface area (Å²) >= 11 is 0. The zero-order chi connectivity index (χ0) is 20.2. The van der Waals surface area contributed by atoms with Crippen molar-refractivity contribution < 1.29 is 5.11 Å². The van der Waals surface area contributed by atoms with Gasteiger partial charge in [-0.3, -0.25) is 4.90 Å². The van der Waals surface area contributed by atoms with E-state index >= 15 is 0 Å². The molecular formula is C25H31N3O. The van der Waals surface area contributed by atoms with Crippen LogP contribution < -0.4 is 10.2 Å². The molecule has 2 aromatic rings. The molecule has 0 unspecified atom stereocenters. The van der Waals surface area contributed by atoms with Crippen molar-refractivity contribution in [3.05, 3.63) is 77.5 Å². The number of nitrogens with one attached hydrogen (secondary N) is 1. The van der Waals surface area contributed by atoms with Crippen LogP contribution in [0.4, 0.5) is 11.4 Å². The highest BCUT2D eigenvalue weighted by Gasteiger charge is 2.18. The predicted octanol–water partition coefficient (Wildman–Crippen LogP) is 4.06.